The maximum Gasteiger partial charge on any atom is 0.140 e. The number of furan rings is 1. The molecule has 1 aliphatic heterocycles. The van der Waals surface area contributed by atoms with Gasteiger partial charge >= 0.3 is 0 Å². The Kier molecular flexibility index (Phi) is 5.51. The summed E-state index contributed by atoms with van der Waals surface area (Å²) in [6.45, 7) is 2.14. The molecule has 1 aromatic heterocycles. The SMILES string of the molecule is Cc1ccc2oc3ccc(C4c5ccccc5-c5c4ccc4c5Oc5ccccc5C4(c4ccccc4)c4ccccc4)cc3c2c1. The Balaban J connectivity index is 1.27. The van der Waals surface area contributed by atoms with Crippen molar-refractivity contribution < 1.29 is 9.15 Å². The van der Waals surface area contributed by atoms with Crippen molar-refractivity contribution in [3.63, 3.8) is 0 Å². The molecule has 7 aromatic carbocycles. The number of benzene rings is 7. The molecule has 0 bridgehead atoms. The standard InChI is InChI=1S/C45H30O2/c1-28-20-24-39-35(26-28)36-27-29(21-25-40(36)46-39)42-32-16-8-9-17-33(32)43-34(42)22-23-38-44(43)47-41-19-11-10-18-37(41)45(38,30-12-4-2-5-13-30)31-14-6-3-7-15-31/h2-27,42H,1H3. The van der Waals surface area contributed by atoms with E-state index in [2.05, 4.69) is 165 Å². The first-order valence-electron chi connectivity index (χ1n) is 16.3. The molecule has 0 spiro atoms. The fraction of sp³-hybridized carbons (Fsp3) is 0.0667. The Morgan fingerprint density at radius 2 is 1.19 bits per heavy atom. The molecule has 8 aromatic rings. The summed E-state index contributed by atoms with van der Waals surface area (Å²) < 4.78 is 13.3. The lowest BCUT2D eigenvalue weighted by atomic mass is 9.63. The minimum Gasteiger partial charge on any atom is -0.456 e. The van der Waals surface area contributed by atoms with E-state index in [1.54, 1.807) is 0 Å². The average molecular weight is 603 g/mol. The summed E-state index contributed by atoms with van der Waals surface area (Å²) in [4.78, 5) is 0. The zero-order valence-corrected chi connectivity index (χ0v) is 25.9. The maximum atomic E-state index is 7.07. The average Bonchev–Trinajstić information content (AvgIpc) is 3.66. The van der Waals surface area contributed by atoms with Crippen LogP contribution in [0.25, 0.3) is 33.1 Å². The Bertz CT molecular complexity index is 2470. The molecular weight excluding hydrogens is 572 g/mol. The highest BCUT2D eigenvalue weighted by Gasteiger charge is 2.47. The number of aryl methyl sites for hydroxylation is 1. The second-order valence-electron chi connectivity index (χ2n) is 12.9. The largest absolute Gasteiger partial charge is 0.456 e. The van der Waals surface area contributed by atoms with Crippen LogP contribution in [0.5, 0.6) is 11.5 Å². The number of hydrogen-bond acceptors (Lipinski definition) is 2. The van der Waals surface area contributed by atoms with Crippen molar-refractivity contribution in [2.45, 2.75) is 18.3 Å². The van der Waals surface area contributed by atoms with Gasteiger partial charge in [0.1, 0.15) is 22.7 Å². The first-order chi connectivity index (χ1) is 23.2. The van der Waals surface area contributed by atoms with Crippen LogP contribution in [0, 0.1) is 6.92 Å². The van der Waals surface area contributed by atoms with Gasteiger partial charge in [0.2, 0.25) is 0 Å². The smallest absolute Gasteiger partial charge is 0.140 e. The van der Waals surface area contributed by atoms with Crippen LogP contribution in [0.4, 0.5) is 0 Å². The van der Waals surface area contributed by atoms with Crippen LogP contribution < -0.4 is 4.74 Å². The Hall–Kier alpha value is -5.86. The van der Waals surface area contributed by atoms with E-state index in [4.69, 9.17) is 9.15 Å². The van der Waals surface area contributed by atoms with Gasteiger partial charge in [0.15, 0.2) is 0 Å². The Morgan fingerprint density at radius 3 is 1.98 bits per heavy atom. The second-order valence-corrected chi connectivity index (χ2v) is 12.9. The highest BCUT2D eigenvalue weighted by atomic mass is 16.5. The van der Waals surface area contributed by atoms with Gasteiger partial charge in [-0.05, 0) is 70.6 Å². The van der Waals surface area contributed by atoms with Crippen molar-refractivity contribution in [1.29, 1.82) is 0 Å². The molecule has 2 heterocycles. The molecule has 10 rings (SSSR count). The molecule has 1 aliphatic carbocycles. The van der Waals surface area contributed by atoms with E-state index in [1.165, 1.54) is 44.5 Å². The number of hydrogen-bond donors (Lipinski definition) is 0. The third kappa shape index (κ3) is 3.61. The normalized spacial score (nSPS) is 15.5. The predicted octanol–water partition coefficient (Wildman–Crippen LogP) is 11.5. The fourth-order valence-corrected chi connectivity index (χ4v) is 8.39. The lowest BCUT2D eigenvalue weighted by molar-refractivity contribution is 0.436. The molecule has 0 amide bonds. The summed E-state index contributed by atoms with van der Waals surface area (Å²) >= 11 is 0. The van der Waals surface area contributed by atoms with Gasteiger partial charge in [-0.15, -0.1) is 0 Å². The molecule has 0 saturated heterocycles. The minimum atomic E-state index is -0.554. The second kappa shape index (κ2) is 9.82. The molecule has 222 valence electrons. The van der Waals surface area contributed by atoms with Crippen LogP contribution in [-0.2, 0) is 5.41 Å². The van der Waals surface area contributed by atoms with E-state index >= 15 is 0 Å². The van der Waals surface area contributed by atoms with Crippen molar-refractivity contribution in [2.24, 2.45) is 0 Å². The van der Waals surface area contributed by atoms with E-state index in [0.717, 1.165) is 44.6 Å². The number of para-hydroxylation sites is 1. The molecule has 1 unspecified atom stereocenters. The van der Waals surface area contributed by atoms with Crippen molar-refractivity contribution in [2.75, 3.05) is 0 Å². The summed E-state index contributed by atoms with van der Waals surface area (Å²) in [5, 5.41) is 2.32. The summed E-state index contributed by atoms with van der Waals surface area (Å²) in [7, 11) is 0. The molecule has 47 heavy (non-hydrogen) atoms. The van der Waals surface area contributed by atoms with Gasteiger partial charge in [0, 0.05) is 33.4 Å². The van der Waals surface area contributed by atoms with Gasteiger partial charge < -0.3 is 9.15 Å². The third-order valence-electron chi connectivity index (χ3n) is 10.3. The first-order valence-corrected chi connectivity index (χ1v) is 16.3. The summed E-state index contributed by atoms with van der Waals surface area (Å²) in [5.74, 6) is 1.90. The zero-order chi connectivity index (χ0) is 31.1. The van der Waals surface area contributed by atoms with Crippen LogP contribution >= 0.6 is 0 Å². The summed E-state index contributed by atoms with van der Waals surface area (Å²) in [5.41, 5.74) is 13.5. The van der Waals surface area contributed by atoms with Crippen molar-refractivity contribution in [3.05, 3.63) is 202 Å². The lowest BCUT2D eigenvalue weighted by Crippen LogP contribution is -2.34. The molecule has 0 saturated carbocycles. The Labute approximate surface area is 273 Å². The number of fused-ring (bicyclic) bond motifs is 9. The molecule has 1 atom stereocenters. The van der Waals surface area contributed by atoms with Crippen LogP contribution in [-0.4, -0.2) is 0 Å². The van der Waals surface area contributed by atoms with E-state index in [0.29, 0.717) is 0 Å². The predicted molar refractivity (Wildman–Crippen MR) is 190 cm³/mol. The minimum absolute atomic E-state index is 0.0641. The monoisotopic (exact) mass is 602 g/mol. The van der Waals surface area contributed by atoms with Crippen molar-refractivity contribution in [3.8, 4) is 22.6 Å². The highest BCUT2D eigenvalue weighted by Crippen LogP contribution is 2.61. The van der Waals surface area contributed by atoms with Crippen molar-refractivity contribution in [1.82, 2.24) is 0 Å². The molecule has 0 radical (unpaired) electrons. The molecule has 0 fully saturated rings. The van der Waals surface area contributed by atoms with Gasteiger partial charge in [-0.1, -0.05) is 133 Å². The van der Waals surface area contributed by atoms with Gasteiger partial charge in [0.05, 0.1) is 5.41 Å². The molecule has 0 N–H and O–H groups in total. The first kappa shape index (κ1) is 26.4. The van der Waals surface area contributed by atoms with E-state index in [9.17, 15) is 0 Å². The van der Waals surface area contributed by atoms with Crippen LogP contribution in [0.2, 0.25) is 0 Å². The summed E-state index contributed by atoms with van der Waals surface area (Å²) in [6.07, 6.45) is 0. The van der Waals surface area contributed by atoms with Crippen LogP contribution in [0.1, 0.15) is 50.4 Å². The number of ether oxygens (including phenoxy) is 1. The van der Waals surface area contributed by atoms with E-state index < -0.39 is 5.41 Å². The topological polar surface area (TPSA) is 22.4 Å². The maximum absolute atomic E-state index is 7.07. The quantitative estimate of drug-likeness (QED) is 0.201. The fourth-order valence-electron chi connectivity index (χ4n) is 8.39. The summed E-state index contributed by atoms with van der Waals surface area (Å²) in [6, 6.07) is 57.1. The molecule has 2 aliphatic rings. The van der Waals surface area contributed by atoms with Gasteiger partial charge in [-0.2, -0.15) is 0 Å². The Morgan fingerprint density at radius 1 is 0.532 bits per heavy atom. The molecular formula is C45H30O2. The third-order valence-corrected chi connectivity index (χ3v) is 10.3. The van der Waals surface area contributed by atoms with Gasteiger partial charge in [-0.3, -0.25) is 0 Å². The number of rotatable bonds is 3. The zero-order valence-electron chi connectivity index (χ0n) is 25.9. The molecule has 2 nitrogen and oxygen atoms in total. The molecule has 2 heteroatoms. The van der Waals surface area contributed by atoms with Gasteiger partial charge in [0.25, 0.3) is 0 Å². The van der Waals surface area contributed by atoms with Crippen LogP contribution in [0.3, 0.4) is 0 Å². The van der Waals surface area contributed by atoms with Gasteiger partial charge in [-0.25, -0.2) is 0 Å². The lowest BCUT2D eigenvalue weighted by Gasteiger charge is -2.42. The highest BCUT2D eigenvalue weighted by molar-refractivity contribution is 6.05. The van der Waals surface area contributed by atoms with E-state index in [1.807, 2.05) is 0 Å². The van der Waals surface area contributed by atoms with E-state index in [-0.39, 0.29) is 5.92 Å². The van der Waals surface area contributed by atoms with Crippen molar-refractivity contribution >= 4 is 21.9 Å². The van der Waals surface area contributed by atoms with Crippen LogP contribution in [0.15, 0.2) is 162 Å².